The van der Waals surface area contributed by atoms with Gasteiger partial charge in [-0.05, 0) is 18.9 Å². The van der Waals surface area contributed by atoms with E-state index in [2.05, 4.69) is 15.4 Å². The topological polar surface area (TPSA) is 81.4 Å². The lowest BCUT2D eigenvalue weighted by Crippen LogP contribution is -2.42. The van der Waals surface area contributed by atoms with Crippen LogP contribution in [0.2, 0.25) is 0 Å². The number of aromatic nitrogens is 3. The van der Waals surface area contributed by atoms with Crippen molar-refractivity contribution < 1.29 is 14.1 Å². The number of likely N-dealkylation sites (tertiary alicyclic amines) is 1. The van der Waals surface area contributed by atoms with Crippen molar-refractivity contribution in [3.63, 3.8) is 0 Å². The van der Waals surface area contributed by atoms with Crippen molar-refractivity contribution in [3.05, 3.63) is 35.9 Å². The number of nitrogens with zero attached hydrogens (tertiary/aromatic N) is 4. The van der Waals surface area contributed by atoms with Crippen LogP contribution in [0.5, 0.6) is 5.88 Å². The summed E-state index contributed by atoms with van der Waals surface area (Å²) in [7, 11) is 0. The van der Waals surface area contributed by atoms with Crippen LogP contribution in [0.15, 0.2) is 28.9 Å². The van der Waals surface area contributed by atoms with Crippen LogP contribution in [-0.4, -0.2) is 45.4 Å². The number of piperidine rings is 1. The largest absolute Gasteiger partial charge is 0.473 e. The Bertz CT molecular complexity index is 676. The first kappa shape index (κ1) is 14.2. The predicted molar refractivity (Wildman–Crippen MR) is 80.1 cm³/mol. The maximum absolute atomic E-state index is 12.5. The Balaban J connectivity index is 1.32. The van der Waals surface area contributed by atoms with Crippen molar-refractivity contribution in [2.45, 2.75) is 37.7 Å². The van der Waals surface area contributed by atoms with Crippen LogP contribution in [0.1, 0.15) is 47.8 Å². The molecule has 7 heteroatoms. The third-order valence-corrected chi connectivity index (χ3v) is 4.29. The molecule has 23 heavy (non-hydrogen) atoms. The molecule has 4 rings (SSSR count). The summed E-state index contributed by atoms with van der Waals surface area (Å²) in [6.45, 7) is 1.30. The first-order chi connectivity index (χ1) is 11.3. The molecule has 0 atom stereocenters. The number of amides is 1. The molecule has 0 radical (unpaired) electrons. The lowest BCUT2D eigenvalue weighted by atomic mass is 10.1. The molecule has 0 aromatic carbocycles. The van der Waals surface area contributed by atoms with Gasteiger partial charge in [0.25, 0.3) is 5.91 Å². The zero-order valence-electron chi connectivity index (χ0n) is 12.7. The molecule has 1 aliphatic carbocycles. The molecule has 120 valence electrons. The summed E-state index contributed by atoms with van der Waals surface area (Å²) in [4.78, 5) is 14.3. The van der Waals surface area contributed by atoms with E-state index in [1.165, 1.54) is 0 Å². The number of hydrogen-bond acceptors (Lipinski definition) is 6. The monoisotopic (exact) mass is 314 g/mol. The molecule has 2 aliphatic rings. The van der Waals surface area contributed by atoms with Crippen molar-refractivity contribution in [1.82, 2.24) is 20.3 Å². The molecule has 7 nitrogen and oxygen atoms in total. The van der Waals surface area contributed by atoms with Crippen LogP contribution in [0, 0.1) is 0 Å². The van der Waals surface area contributed by atoms with Crippen LogP contribution >= 0.6 is 0 Å². The van der Waals surface area contributed by atoms with Gasteiger partial charge in [0.05, 0.1) is 0 Å². The quantitative estimate of drug-likeness (QED) is 0.859. The first-order valence-corrected chi connectivity index (χ1v) is 8.00. The van der Waals surface area contributed by atoms with Gasteiger partial charge in [-0.2, -0.15) is 5.10 Å². The average Bonchev–Trinajstić information content (AvgIpc) is 3.33. The fourth-order valence-electron chi connectivity index (χ4n) is 2.81. The average molecular weight is 314 g/mol. The Morgan fingerprint density at radius 1 is 1.26 bits per heavy atom. The molecule has 0 N–H and O–H groups in total. The highest BCUT2D eigenvalue weighted by Crippen LogP contribution is 2.40. The third-order valence-electron chi connectivity index (χ3n) is 4.29. The zero-order valence-corrected chi connectivity index (χ0v) is 12.7. The SMILES string of the molecule is O=C(c1cc(C2CC2)on1)N1CCC(Oc2cccnn2)CC1. The molecule has 2 aromatic heterocycles. The second kappa shape index (κ2) is 5.98. The third kappa shape index (κ3) is 3.18. The van der Waals surface area contributed by atoms with E-state index in [1.54, 1.807) is 24.4 Å². The van der Waals surface area contributed by atoms with E-state index >= 15 is 0 Å². The Morgan fingerprint density at radius 2 is 2.09 bits per heavy atom. The van der Waals surface area contributed by atoms with Gasteiger partial charge in [0.2, 0.25) is 5.88 Å². The van der Waals surface area contributed by atoms with E-state index < -0.39 is 0 Å². The lowest BCUT2D eigenvalue weighted by molar-refractivity contribution is 0.0577. The van der Waals surface area contributed by atoms with Crippen molar-refractivity contribution in [1.29, 1.82) is 0 Å². The van der Waals surface area contributed by atoms with Crippen LogP contribution in [-0.2, 0) is 0 Å². The Hall–Kier alpha value is -2.44. The van der Waals surface area contributed by atoms with Gasteiger partial charge in [0, 0.05) is 50.2 Å². The summed E-state index contributed by atoms with van der Waals surface area (Å²) in [5.41, 5.74) is 0.417. The molecule has 3 heterocycles. The van der Waals surface area contributed by atoms with Crippen molar-refractivity contribution in [2.24, 2.45) is 0 Å². The second-order valence-electron chi connectivity index (χ2n) is 6.06. The maximum atomic E-state index is 12.5. The first-order valence-electron chi connectivity index (χ1n) is 8.00. The lowest BCUT2D eigenvalue weighted by Gasteiger charge is -2.31. The van der Waals surface area contributed by atoms with Crippen LogP contribution in [0.3, 0.4) is 0 Å². The summed E-state index contributed by atoms with van der Waals surface area (Å²) in [5, 5.41) is 11.6. The van der Waals surface area contributed by atoms with Crippen molar-refractivity contribution >= 4 is 5.91 Å². The minimum Gasteiger partial charge on any atom is -0.473 e. The molecule has 1 aliphatic heterocycles. The molecule has 1 amide bonds. The smallest absolute Gasteiger partial charge is 0.276 e. The molecule has 0 unspecified atom stereocenters. The fraction of sp³-hybridized carbons (Fsp3) is 0.500. The van der Waals surface area contributed by atoms with Crippen LogP contribution < -0.4 is 4.74 Å². The molecule has 1 saturated carbocycles. The van der Waals surface area contributed by atoms with Gasteiger partial charge in [-0.15, -0.1) is 5.10 Å². The van der Waals surface area contributed by atoms with E-state index in [0.29, 0.717) is 30.6 Å². The van der Waals surface area contributed by atoms with Crippen LogP contribution in [0.4, 0.5) is 0 Å². The zero-order chi connectivity index (χ0) is 15.6. The maximum Gasteiger partial charge on any atom is 0.276 e. The molecule has 1 saturated heterocycles. The summed E-state index contributed by atoms with van der Waals surface area (Å²) in [5.74, 6) is 1.78. The van der Waals surface area contributed by atoms with Crippen molar-refractivity contribution in [3.8, 4) is 5.88 Å². The van der Waals surface area contributed by atoms with E-state index in [-0.39, 0.29) is 12.0 Å². The van der Waals surface area contributed by atoms with Gasteiger partial charge in [0.15, 0.2) is 5.69 Å². The van der Waals surface area contributed by atoms with E-state index in [9.17, 15) is 4.79 Å². The summed E-state index contributed by atoms with van der Waals surface area (Å²) in [6.07, 6.45) is 5.49. The second-order valence-corrected chi connectivity index (χ2v) is 6.06. The summed E-state index contributed by atoms with van der Waals surface area (Å²) < 4.78 is 11.1. The van der Waals surface area contributed by atoms with E-state index in [1.807, 2.05) is 4.90 Å². The molecule has 2 aromatic rings. The normalized spacial score (nSPS) is 18.9. The molecule has 0 spiro atoms. The summed E-state index contributed by atoms with van der Waals surface area (Å²) in [6, 6.07) is 5.38. The van der Waals surface area contributed by atoms with Crippen LogP contribution in [0.25, 0.3) is 0 Å². The minimum absolute atomic E-state index is 0.0568. The van der Waals surface area contributed by atoms with Gasteiger partial charge in [-0.1, -0.05) is 5.16 Å². The number of rotatable bonds is 4. The van der Waals surface area contributed by atoms with Gasteiger partial charge in [-0.25, -0.2) is 0 Å². The number of carbonyl (C=O) groups excluding carboxylic acids is 1. The fourth-order valence-corrected chi connectivity index (χ4v) is 2.81. The molecular weight excluding hydrogens is 296 g/mol. The number of ether oxygens (including phenoxy) is 1. The highest BCUT2D eigenvalue weighted by atomic mass is 16.5. The Kier molecular flexibility index (Phi) is 3.69. The van der Waals surface area contributed by atoms with E-state index in [0.717, 1.165) is 31.4 Å². The highest BCUT2D eigenvalue weighted by Gasteiger charge is 2.31. The Morgan fingerprint density at radius 3 is 2.78 bits per heavy atom. The van der Waals surface area contributed by atoms with Crippen molar-refractivity contribution in [2.75, 3.05) is 13.1 Å². The summed E-state index contributed by atoms with van der Waals surface area (Å²) >= 11 is 0. The number of carbonyl (C=O) groups is 1. The minimum atomic E-state index is -0.0568. The molecular formula is C16H18N4O3. The highest BCUT2D eigenvalue weighted by molar-refractivity contribution is 5.92. The molecule has 2 fully saturated rings. The predicted octanol–water partition coefficient (Wildman–Crippen LogP) is 2.03. The van der Waals surface area contributed by atoms with Gasteiger partial charge in [-0.3, -0.25) is 4.79 Å². The Labute approximate surface area is 133 Å². The standard InChI is InChI=1S/C16H18N4O3/c21-16(13-10-14(23-19-13)11-3-4-11)20-8-5-12(6-9-20)22-15-2-1-7-17-18-15/h1-2,7,10-12H,3-6,8-9H2. The van der Waals surface area contributed by atoms with Gasteiger partial charge < -0.3 is 14.2 Å². The van der Waals surface area contributed by atoms with E-state index in [4.69, 9.17) is 9.26 Å². The van der Waals surface area contributed by atoms with Gasteiger partial charge in [0.1, 0.15) is 11.9 Å². The molecule has 0 bridgehead atoms. The van der Waals surface area contributed by atoms with Gasteiger partial charge >= 0.3 is 0 Å². The number of hydrogen-bond donors (Lipinski definition) is 0.